The fourth-order valence-electron chi connectivity index (χ4n) is 3.18. The van der Waals surface area contributed by atoms with Gasteiger partial charge in [0.25, 0.3) is 5.91 Å². The maximum Gasteiger partial charge on any atom is 0.252 e. The third kappa shape index (κ3) is 3.01. The minimum atomic E-state index is -0.101. The average molecular weight is 356 g/mol. The van der Waals surface area contributed by atoms with Crippen LogP contribution in [0.3, 0.4) is 0 Å². The molecule has 0 bridgehead atoms. The smallest absolute Gasteiger partial charge is 0.252 e. The second-order valence-corrected chi connectivity index (χ2v) is 6.67. The van der Waals surface area contributed by atoms with E-state index in [1.165, 1.54) is 0 Å². The summed E-state index contributed by atoms with van der Waals surface area (Å²) in [6.07, 6.45) is 2.53. The maximum atomic E-state index is 12.9. The summed E-state index contributed by atoms with van der Waals surface area (Å²) in [5.41, 5.74) is 2.78. The molecule has 0 radical (unpaired) electrons. The van der Waals surface area contributed by atoms with Crippen LogP contribution in [0.25, 0.3) is 22.4 Å². The topological polar surface area (TPSA) is 67.2 Å². The first-order valence-corrected chi connectivity index (χ1v) is 8.66. The average Bonchev–Trinajstić information content (AvgIpc) is 3.31. The van der Waals surface area contributed by atoms with Crippen molar-refractivity contribution in [3.63, 3.8) is 0 Å². The molecule has 25 heavy (non-hydrogen) atoms. The molecule has 3 aromatic rings. The van der Waals surface area contributed by atoms with Crippen LogP contribution in [-0.2, 0) is 0 Å². The van der Waals surface area contributed by atoms with E-state index in [0.29, 0.717) is 22.0 Å². The van der Waals surface area contributed by atoms with E-state index in [1.54, 1.807) is 24.5 Å². The van der Waals surface area contributed by atoms with Crippen molar-refractivity contribution in [2.45, 2.75) is 19.4 Å². The number of aromatic nitrogens is 1. The Balaban J connectivity index is 1.85. The molecule has 5 nitrogen and oxygen atoms in total. The number of hydrogen-bond acceptors (Lipinski definition) is 4. The fourth-order valence-corrected chi connectivity index (χ4v) is 3.34. The number of nitrogens with one attached hydrogen (secondary N) is 2. The minimum absolute atomic E-state index is 0.101. The number of amides is 1. The van der Waals surface area contributed by atoms with Crippen LogP contribution in [0.4, 0.5) is 0 Å². The van der Waals surface area contributed by atoms with Gasteiger partial charge in [0.15, 0.2) is 5.76 Å². The predicted molar refractivity (Wildman–Crippen MR) is 97.9 cm³/mol. The molecule has 2 aromatic heterocycles. The second-order valence-electron chi connectivity index (χ2n) is 6.26. The van der Waals surface area contributed by atoms with Crippen LogP contribution in [0.5, 0.6) is 0 Å². The SMILES string of the molecule is Cc1c(Cl)ccc2c(C(=O)N[C@@H]3CCNC3)cc(-c3ccco3)nc12. The van der Waals surface area contributed by atoms with E-state index in [2.05, 4.69) is 15.6 Å². The van der Waals surface area contributed by atoms with E-state index in [0.717, 1.165) is 36.0 Å². The van der Waals surface area contributed by atoms with Crippen molar-refractivity contribution in [3.05, 3.63) is 52.7 Å². The molecule has 1 saturated heterocycles. The predicted octanol–water partition coefficient (Wildman–Crippen LogP) is 3.55. The molecule has 6 heteroatoms. The molecule has 1 fully saturated rings. The highest BCUT2D eigenvalue weighted by Crippen LogP contribution is 2.30. The number of fused-ring (bicyclic) bond motifs is 1. The van der Waals surface area contributed by atoms with Gasteiger partial charge in [-0.25, -0.2) is 4.98 Å². The molecule has 0 spiro atoms. The quantitative estimate of drug-likeness (QED) is 0.754. The lowest BCUT2D eigenvalue weighted by Gasteiger charge is -2.14. The number of hydrogen-bond donors (Lipinski definition) is 2. The van der Waals surface area contributed by atoms with Gasteiger partial charge in [-0.2, -0.15) is 0 Å². The Morgan fingerprint density at radius 1 is 1.40 bits per heavy atom. The van der Waals surface area contributed by atoms with Gasteiger partial charge in [-0.15, -0.1) is 0 Å². The van der Waals surface area contributed by atoms with Crippen molar-refractivity contribution in [2.75, 3.05) is 13.1 Å². The van der Waals surface area contributed by atoms with Gasteiger partial charge >= 0.3 is 0 Å². The van der Waals surface area contributed by atoms with Crippen LogP contribution < -0.4 is 10.6 Å². The zero-order valence-corrected chi connectivity index (χ0v) is 14.6. The van der Waals surface area contributed by atoms with Crippen LogP contribution in [-0.4, -0.2) is 30.0 Å². The largest absolute Gasteiger partial charge is 0.463 e. The van der Waals surface area contributed by atoms with E-state index >= 15 is 0 Å². The molecule has 3 heterocycles. The second kappa shape index (κ2) is 6.50. The number of carbonyl (C=O) groups is 1. The van der Waals surface area contributed by atoms with E-state index in [-0.39, 0.29) is 11.9 Å². The highest BCUT2D eigenvalue weighted by molar-refractivity contribution is 6.32. The monoisotopic (exact) mass is 355 g/mol. The summed E-state index contributed by atoms with van der Waals surface area (Å²) in [6, 6.07) is 9.22. The van der Waals surface area contributed by atoms with Gasteiger partial charge in [-0.05, 0) is 49.7 Å². The Morgan fingerprint density at radius 2 is 2.28 bits per heavy atom. The third-order valence-corrected chi connectivity index (χ3v) is 4.99. The van der Waals surface area contributed by atoms with Gasteiger partial charge in [-0.3, -0.25) is 4.79 Å². The molecule has 1 aromatic carbocycles. The number of pyridine rings is 1. The van der Waals surface area contributed by atoms with Crippen molar-refractivity contribution in [1.29, 1.82) is 0 Å². The molecule has 1 amide bonds. The Hall–Kier alpha value is -2.37. The lowest BCUT2D eigenvalue weighted by atomic mass is 10.0. The van der Waals surface area contributed by atoms with Gasteiger partial charge in [0.05, 0.1) is 17.3 Å². The van der Waals surface area contributed by atoms with Crippen molar-refractivity contribution in [3.8, 4) is 11.5 Å². The zero-order chi connectivity index (χ0) is 17.4. The normalized spacial score (nSPS) is 17.1. The summed E-state index contributed by atoms with van der Waals surface area (Å²) in [5.74, 6) is 0.522. The molecule has 4 rings (SSSR count). The van der Waals surface area contributed by atoms with Crippen molar-refractivity contribution in [2.24, 2.45) is 0 Å². The van der Waals surface area contributed by atoms with E-state index < -0.39 is 0 Å². The molecule has 1 aliphatic rings. The molecule has 0 saturated carbocycles. The summed E-state index contributed by atoms with van der Waals surface area (Å²) in [7, 11) is 0. The lowest BCUT2D eigenvalue weighted by Crippen LogP contribution is -2.36. The van der Waals surface area contributed by atoms with Crippen LogP contribution in [0, 0.1) is 6.92 Å². The number of furan rings is 1. The Kier molecular flexibility index (Phi) is 4.19. The zero-order valence-electron chi connectivity index (χ0n) is 13.8. The van der Waals surface area contributed by atoms with Crippen molar-refractivity contribution >= 4 is 28.4 Å². The van der Waals surface area contributed by atoms with E-state index in [1.807, 2.05) is 19.1 Å². The maximum absolute atomic E-state index is 12.9. The first-order valence-electron chi connectivity index (χ1n) is 8.29. The van der Waals surface area contributed by atoms with Crippen LogP contribution in [0.2, 0.25) is 5.02 Å². The van der Waals surface area contributed by atoms with Crippen molar-refractivity contribution < 1.29 is 9.21 Å². The van der Waals surface area contributed by atoms with Gasteiger partial charge < -0.3 is 15.1 Å². The first kappa shape index (κ1) is 16.1. The van der Waals surface area contributed by atoms with Crippen LogP contribution in [0.15, 0.2) is 41.0 Å². The van der Waals surface area contributed by atoms with E-state index in [4.69, 9.17) is 16.0 Å². The van der Waals surface area contributed by atoms with Gasteiger partial charge in [0.1, 0.15) is 5.69 Å². The summed E-state index contributed by atoms with van der Waals surface area (Å²) >= 11 is 6.26. The molecule has 1 atom stereocenters. The number of nitrogens with zero attached hydrogens (tertiary/aromatic N) is 1. The van der Waals surface area contributed by atoms with Gasteiger partial charge in [-0.1, -0.05) is 17.7 Å². The molecular weight excluding hydrogens is 338 g/mol. The summed E-state index contributed by atoms with van der Waals surface area (Å²) in [6.45, 7) is 3.63. The third-order valence-electron chi connectivity index (χ3n) is 4.58. The summed E-state index contributed by atoms with van der Waals surface area (Å²) in [4.78, 5) is 17.6. The Labute approximate surface area is 150 Å². The van der Waals surface area contributed by atoms with Gasteiger partial charge in [0.2, 0.25) is 0 Å². The highest BCUT2D eigenvalue weighted by atomic mass is 35.5. The molecule has 128 valence electrons. The molecule has 1 aliphatic heterocycles. The Morgan fingerprint density at radius 3 is 3.00 bits per heavy atom. The first-order chi connectivity index (χ1) is 12.1. The summed E-state index contributed by atoms with van der Waals surface area (Å²) < 4.78 is 5.47. The van der Waals surface area contributed by atoms with Crippen LogP contribution in [0.1, 0.15) is 22.3 Å². The summed E-state index contributed by atoms with van der Waals surface area (Å²) in [5, 5.41) is 7.78. The lowest BCUT2D eigenvalue weighted by molar-refractivity contribution is 0.0941. The number of rotatable bonds is 3. The molecule has 0 unspecified atom stereocenters. The number of halogens is 1. The molecule has 0 aliphatic carbocycles. The minimum Gasteiger partial charge on any atom is -0.463 e. The highest BCUT2D eigenvalue weighted by Gasteiger charge is 2.21. The van der Waals surface area contributed by atoms with Crippen molar-refractivity contribution in [1.82, 2.24) is 15.6 Å². The molecule has 2 N–H and O–H groups in total. The number of benzene rings is 1. The number of carbonyl (C=O) groups excluding carboxylic acids is 1. The Bertz CT molecular complexity index is 931. The number of aryl methyl sites for hydroxylation is 1. The fraction of sp³-hybridized carbons (Fsp3) is 0.263. The standard InChI is InChI=1S/C19H18ClN3O2/c1-11-15(20)5-4-13-14(19(24)22-12-6-7-21-10-12)9-16(23-18(11)13)17-3-2-8-25-17/h2-5,8-9,12,21H,6-7,10H2,1H3,(H,22,24)/t12-/m1/s1. The molecular formula is C19H18ClN3O2. The van der Waals surface area contributed by atoms with E-state index in [9.17, 15) is 4.79 Å². The van der Waals surface area contributed by atoms with Gasteiger partial charge in [0, 0.05) is 23.0 Å². The van der Waals surface area contributed by atoms with Crippen LogP contribution >= 0.6 is 11.6 Å².